The van der Waals surface area contributed by atoms with E-state index in [-0.39, 0.29) is 6.10 Å². The van der Waals surface area contributed by atoms with E-state index in [4.69, 9.17) is 0 Å². The van der Waals surface area contributed by atoms with Gasteiger partial charge in [0, 0.05) is 19.6 Å². The minimum Gasteiger partial charge on any atom is -0.392 e. The highest BCUT2D eigenvalue weighted by Gasteiger charge is 2.19. The van der Waals surface area contributed by atoms with Gasteiger partial charge in [0.1, 0.15) is 0 Å². The smallest absolute Gasteiger partial charge is 0.0679 e. The van der Waals surface area contributed by atoms with Crippen LogP contribution >= 0.6 is 0 Å². The van der Waals surface area contributed by atoms with Crippen molar-refractivity contribution in [1.82, 2.24) is 4.90 Å². The molecule has 1 heterocycles. The predicted molar refractivity (Wildman–Crippen MR) is 61.9 cm³/mol. The molecule has 0 unspecified atom stereocenters. The van der Waals surface area contributed by atoms with Gasteiger partial charge in [0.05, 0.1) is 6.10 Å². The number of likely N-dealkylation sites (tertiary alicyclic amines) is 1. The van der Waals surface area contributed by atoms with Gasteiger partial charge in [-0.2, -0.15) is 0 Å². The topological polar surface area (TPSA) is 23.5 Å². The lowest BCUT2D eigenvalue weighted by molar-refractivity contribution is 0.177. The summed E-state index contributed by atoms with van der Waals surface area (Å²) in [7, 11) is 0. The van der Waals surface area contributed by atoms with Crippen LogP contribution in [0.5, 0.6) is 0 Å². The van der Waals surface area contributed by atoms with Crippen LogP contribution in [0, 0.1) is 6.92 Å². The molecule has 0 spiro atoms. The Bertz CT molecular complexity index is 307. The zero-order valence-corrected chi connectivity index (χ0v) is 9.32. The number of rotatable bonds is 3. The van der Waals surface area contributed by atoms with Gasteiger partial charge in [-0.15, -0.1) is 0 Å². The molecule has 1 atom stereocenters. The van der Waals surface area contributed by atoms with Crippen LogP contribution < -0.4 is 0 Å². The summed E-state index contributed by atoms with van der Waals surface area (Å²) in [5, 5.41) is 9.39. The molecule has 82 valence electrons. The summed E-state index contributed by atoms with van der Waals surface area (Å²) in [6, 6.07) is 8.71. The van der Waals surface area contributed by atoms with Gasteiger partial charge >= 0.3 is 0 Å². The number of hydrogen-bond acceptors (Lipinski definition) is 2. The van der Waals surface area contributed by atoms with Crippen molar-refractivity contribution < 1.29 is 5.11 Å². The molecule has 1 aliphatic heterocycles. The molecule has 0 aromatic heterocycles. The van der Waals surface area contributed by atoms with E-state index in [9.17, 15) is 5.11 Å². The highest BCUT2D eigenvalue weighted by molar-refractivity contribution is 5.21. The molecule has 1 aromatic rings. The number of β-amino-alcohol motifs (C(OH)–C–C–N with tert-alkyl or cyclic N) is 1. The van der Waals surface area contributed by atoms with E-state index < -0.39 is 0 Å². The van der Waals surface area contributed by atoms with Gasteiger partial charge in [0.15, 0.2) is 0 Å². The average molecular weight is 205 g/mol. The van der Waals surface area contributed by atoms with Gasteiger partial charge in [0.2, 0.25) is 0 Å². The standard InChI is InChI=1S/C13H19NO/c1-11-2-4-12(5-3-11)6-8-14-9-7-13(15)10-14/h2-5,13,15H,6-10H2,1H3/t13-/m0/s1. The molecule has 1 saturated heterocycles. The Balaban J connectivity index is 1.80. The summed E-state index contributed by atoms with van der Waals surface area (Å²) in [6.07, 6.45) is 1.93. The second-order valence-electron chi connectivity index (χ2n) is 4.48. The quantitative estimate of drug-likeness (QED) is 0.810. The van der Waals surface area contributed by atoms with Crippen LogP contribution in [0.2, 0.25) is 0 Å². The lowest BCUT2D eigenvalue weighted by Crippen LogP contribution is -2.24. The lowest BCUT2D eigenvalue weighted by atomic mass is 10.1. The van der Waals surface area contributed by atoms with Crippen molar-refractivity contribution in [2.45, 2.75) is 25.9 Å². The zero-order valence-electron chi connectivity index (χ0n) is 9.32. The van der Waals surface area contributed by atoms with Crippen LogP contribution in [0.25, 0.3) is 0 Å². The van der Waals surface area contributed by atoms with Crippen LogP contribution in [-0.4, -0.2) is 35.7 Å². The lowest BCUT2D eigenvalue weighted by Gasteiger charge is -2.14. The van der Waals surface area contributed by atoms with E-state index in [2.05, 4.69) is 36.1 Å². The highest BCUT2D eigenvalue weighted by atomic mass is 16.3. The maximum atomic E-state index is 9.39. The number of aryl methyl sites for hydroxylation is 1. The van der Waals surface area contributed by atoms with Gasteiger partial charge < -0.3 is 10.0 Å². The maximum absolute atomic E-state index is 9.39. The number of nitrogens with zero attached hydrogens (tertiary/aromatic N) is 1. The molecule has 1 N–H and O–H groups in total. The first-order valence-electron chi connectivity index (χ1n) is 5.70. The van der Waals surface area contributed by atoms with Crippen LogP contribution in [0.15, 0.2) is 24.3 Å². The van der Waals surface area contributed by atoms with Gasteiger partial charge in [0.25, 0.3) is 0 Å². The summed E-state index contributed by atoms with van der Waals surface area (Å²) in [6.45, 7) is 5.08. The minimum atomic E-state index is -0.0944. The second kappa shape index (κ2) is 4.77. The fourth-order valence-electron chi connectivity index (χ4n) is 2.06. The highest BCUT2D eigenvalue weighted by Crippen LogP contribution is 2.10. The predicted octanol–water partition coefficient (Wildman–Crippen LogP) is 1.60. The van der Waals surface area contributed by atoms with Crippen molar-refractivity contribution in [2.24, 2.45) is 0 Å². The molecule has 2 rings (SSSR count). The zero-order chi connectivity index (χ0) is 10.7. The third-order valence-corrected chi connectivity index (χ3v) is 3.08. The van der Waals surface area contributed by atoms with Crippen LogP contribution in [0.1, 0.15) is 17.5 Å². The fourth-order valence-corrected chi connectivity index (χ4v) is 2.06. The summed E-state index contributed by atoms with van der Waals surface area (Å²) < 4.78 is 0. The van der Waals surface area contributed by atoms with Crippen molar-refractivity contribution in [2.75, 3.05) is 19.6 Å². The number of aliphatic hydroxyl groups excluding tert-OH is 1. The number of aliphatic hydroxyl groups is 1. The fraction of sp³-hybridized carbons (Fsp3) is 0.538. The Kier molecular flexibility index (Phi) is 3.39. The van der Waals surface area contributed by atoms with Gasteiger partial charge in [-0.05, 0) is 25.3 Å². The van der Waals surface area contributed by atoms with E-state index in [0.717, 1.165) is 32.5 Å². The number of hydrogen-bond donors (Lipinski definition) is 1. The molecule has 0 amide bonds. The van der Waals surface area contributed by atoms with Crippen molar-refractivity contribution in [1.29, 1.82) is 0 Å². The molecule has 1 aliphatic rings. The van der Waals surface area contributed by atoms with E-state index in [1.54, 1.807) is 0 Å². The molecule has 1 fully saturated rings. The van der Waals surface area contributed by atoms with Crippen LogP contribution in [0.4, 0.5) is 0 Å². The van der Waals surface area contributed by atoms with Crippen molar-refractivity contribution in [3.8, 4) is 0 Å². The first-order chi connectivity index (χ1) is 7.24. The Labute approximate surface area is 91.5 Å². The van der Waals surface area contributed by atoms with Crippen molar-refractivity contribution >= 4 is 0 Å². The monoisotopic (exact) mass is 205 g/mol. The SMILES string of the molecule is Cc1ccc(CCN2CC[C@H](O)C2)cc1. The van der Waals surface area contributed by atoms with E-state index in [0.29, 0.717) is 0 Å². The molecule has 2 heteroatoms. The Morgan fingerprint density at radius 2 is 2.07 bits per heavy atom. The Morgan fingerprint density at radius 3 is 2.67 bits per heavy atom. The Morgan fingerprint density at radius 1 is 1.33 bits per heavy atom. The molecular weight excluding hydrogens is 186 g/mol. The summed E-state index contributed by atoms with van der Waals surface area (Å²) >= 11 is 0. The first kappa shape index (κ1) is 10.7. The van der Waals surface area contributed by atoms with Gasteiger partial charge in [-0.3, -0.25) is 0 Å². The van der Waals surface area contributed by atoms with Gasteiger partial charge in [-0.1, -0.05) is 29.8 Å². The molecule has 0 aliphatic carbocycles. The molecule has 0 saturated carbocycles. The molecular formula is C13H19NO. The third kappa shape index (κ3) is 3.05. The van der Waals surface area contributed by atoms with E-state index in [1.807, 2.05) is 0 Å². The van der Waals surface area contributed by atoms with Gasteiger partial charge in [-0.25, -0.2) is 0 Å². The summed E-state index contributed by atoms with van der Waals surface area (Å²) in [5.74, 6) is 0. The summed E-state index contributed by atoms with van der Waals surface area (Å²) in [4.78, 5) is 2.34. The number of benzene rings is 1. The molecule has 0 bridgehead atoms. The normalized spacial score (nSPS) is 22.1. The summed E-state index contributed by atoms with van der Waals surface area (Å²) in [5.41, 5.74) is 2.71. The van der Waals surface area contributed by atoms with Crippen molar-refractivity contribution in [3.63, 3.8) is 0 Å². The maximum Gasteiger partial charge on any atom is 0.0679 e. The third-order valence-electron chi connectivity index (χ3n) is 3.08. The molecule has 0 radical (unpaired) electrons. The van der Waals surface area contributed by atoms with Crippen molar-refractivity contribution in [3.05, 3.63) is 35.4 Å². The second-order valence-corrected chi connectivity index (χ2v) is 4.48. The molecule has 15 heavy (non-hydrogen) atoms. The minimum absolute atomic E-state index is 0.0944. The molecule has 1 aromatic carbocycles. The Hall–Kier alpha value is -0.860. The largest absolute Gasteiger partial charge is 0.392 e. The first-order valence-corrected chi connectivity index (χ1v) is 5.70. The van der Waals surface area contributed by atoms with E-state index >= 15 is 0 Å². The van der Waals surface area contributed by atoms with E-state index in [1.165, 1.54) is 11.1 Å². The van der Waals surface area contributed by atoms with Crippen LogP contribution in [-0.2, 0) is 6.42 Å². The van der Waals surface area contributed by atoms with Crippen LogP contribution in [0.3, 0.4) is 0 Å². The average Bonchev–Trinajstić information content (AvgIpc) is 2.64. The molecule has 2 nitrogen and oxygen atoms in total.